The predicted octanol–water partition coefficient (Wildman–Crippen LogP) is 1.31. The van der Waals surface area contributed by atoms with Gasteiger partial charge >= 0.3 is 5.97 Å². The fourth-order valence-electron chi connectivity index (χ4n) is 2.02. The molecule has 0 bridgehead atoms. The first kappa shape index (κ1) is 14.0. The summed E-state index contributed by atoms with van der Waals surface area (Å²) < 4.78 is 6.69. The van der Waals surface area contributed by atoms with Crippen LogP contribution in [0.1, 0.15) is 11.4 Å². The Labute approximate surface area is 117 Å². The minimum atomic E-state index is -0.830. The molecule has 6 heteroatoms. The smallest absolute Gasteiger partial charge is 0.307 e. The fraction of sp³-hybridized carbons (Fsp3) is 0.357. The van der Waals surface area contributed by atoms with E-state index in [0.717, 1.165) is 11.3 Å². The topological polar surface area (TPSA) is 77.2 Å². The summed E-state index contributed by atoms with van der Waals surface area (Å²) in [6.07, 6.45) is 2.24. The zero-order valence-electron chi connectivity index (χ0n) is 11.5. The lowest BCUT2D eigenvalue weighted by molar-refractivity contribution is -0.141. The Kier molecular flexibility index (Phi) is 4.34. The summed E-state index contributed by atoms with van der Waals surface area (Å²) in [5, 5.41) is 13.3. The van der Waals surface area contributed by atoms with E-state index < -0.39 is 11.9 Å². The zero-order valence-corrected chi connectivity index (χ0v) is 11.5. The van der Waals surface area contributed by atoms with E-state index in [1.165, 1.54) is 6.33 Å². The number of nitrogens with zero attached hydrogens (tertiary/aromatic N) is 3. The standard InChI is InChI=1S/C14H17N3O3/c1-17-13(15-9-16-17)8-11(14(18)19)7-10-3-5-12(20-2)6-4-10/h3-6,9,11H,7-8H2,1-2H3,(H,18,19). The molecule has 0 saturated carbocycles. The number of carboxylic acids is 1. The molecule has 0 spiro atoms. The molecule has 1 atom stereocenters. The molecule has 0 radical (unpaired) electrons. The lowest BCUT2D eigenvalue weighted by Gasteiger charge is -2.12. The highest BCUT2D eigenvalue weighted by Gasteiger charge is 2.20. The van der Waals surface area contributed by atoms with Gasteiger partial charge in [-0.3, -0.25) is 9.48 Å². The van der Waals surface area contributed by atoms with Crippen molar-refractivity contribution in [2.24, 2.45) is 13.0 Å². The number of carbonyl (C=O) groups is 1. The highest BCUT2D eigenvalue weighted by atomic mass is 16.5. The predicted molar refractivity (Wildman–Crippen MR) is 72.5 cm³/mol. The van der Waals surface area contributed by atoms with Gasteiger partial charge in [-0.1, -0.05) is 12.1 Å². The summed E-state index contributed by atoms with van der Waals surface area (Å²) in [6, 6.07) is 7.42. The first-order chi connectivity index (χ1) is 9.60. The molecule has 2 aromatic rings. The van der Waals surface area contributed by atoms with E-state index in [9.17, 15) is 9.90 Å². The number of hydrogen-bond acceptors (Lipinski definition) is 4. The van der Waals surface area contributed by atoms with Gasteiger partial charge in [-0.05, 0) is 24.1 Å². The lowest BCUT2D eigenvalue weighted by atomic mass is 9.96. The first-order valence-electron chi connectivity index (χ1n) is 6.28. The van der Waals surface area contributed by atoms with Crippen LogP contribution in [-0.2, 0) is 24.7 Å². The summed E-state index contributed by atoms with van der Waals surface area (Å²) >= 11 is 0. The molecule has 106 valence electrons. The van der Waals surface area contributed by atoms with Crippen molar-refractivity contribution in [2.45, 2.75) is 12.8 Å². The minimum Gasteiger partial charge on any atom is -0.497 e. The molecule has 0 fully saturated rings. The van der Waals surface area contributed by atoms with Gasteiger partial charge in [-0.15, -0.1) is 0 Å². The van der Waals surface area contributed by atoms with Crippen molar-refractivity contribution in [1.29, 1.82) is 0 Å². The van der Waals surface area contributed by atoms with Crippen LogP contribution < -0.4 is 4.74 Å². The van der Waals surface area contributed by atoms with E-state index in [-0.39, 0.29) is 0 Å². The van der Waals surface area contributed by atoms with Gasteiger partial charge in [-0.2, -0.15) is 5.10 Å². The van der Waals surface area contributed by atoms with Crippen LogP contribution >= 0.6 is 0 Å². The second kappa shape index (κ2) is 6.18. The Bertz CT molecular complexity index is 578. The van der Waals surface area contributed by atoms with Crippen molar-refractivity contribution in [3.05, 3.63) is 42.0 Å². The third-order valence-electron chi connectivity index (χ3n) is 3.22. The minimum absolute atomic E-state index is 0.359. The molecule has 1 heterocycles. The summed E-state index contributed by atoms with van der Waals surface area (Å²) in [5.74, 6) is 0.0787. The van der Waals surface area contributed by atoms with Crippen LogP contribution in [0.15, 0.2) is 30.6 Å². The SMILES string of the molecule is COc1ccc(CC(Cc2ncnn2C)C(=O)O)cc1. The summed E-state index contributed by atoms with van der Waals surface area (Å²) in [5.41, 5.74) is 0.959. The number of rotatable bonds is 6. The number of carboxylic acid groups (broad SMARTS) is 1. The molecular weight excluding hydrogens is 258 g/mol. The van der Waals surface area contributed by atoms with Crippen molar-refractivity contribution in [2.75, 3.05) is 7.11 Å². The average molecular weight is 275 g/mol. The molecular formula is C14H17N3O3. The second-order valence-corrected chi connectivity index (χ2v) is 4.59. The lowest BCUT2D eigenvalue weighted by Crippen LogP contribution is -2.21. The van der Waals surface area contributed by atoms with Gasteiger partial charge in [-0.25, -0.2) is 4.98 Å². The molecule has 1 unspecified atom stereocenters. The number of aryl methyl sites for hydroxylation is 1. The third-order valence-corrected chi connectivity index (χ3v) is 3.22. The van der Waals surface area contributed by atoms with Gasteiger partial charge in [0.2, 0.25) is 0 Å². The van der Waals surface area contributed by atoms with E-state index in [1.807, 2.05) is 24.3 Å². The molecule has 0 aliphatic rings. The first-order valence-corrected chi connectivity index (χ1v) is 6.28. The number of aromatic nitrogens is 3. The van der Waals surface area contributed by atoms with Gasteiger partial charge in [0.1, 0.15) is 17.9 Å². The van der Waals surface area contributed by atoms with Crippen molar-refractivity contribution in [3.63, 3.8) is 0 Å². The molecule has 2 rings (SSSR count). The maximum Gasteiger partial charge on any atom is 0.307 e. The van der Waals surface area contributed by atoms with Crippen molar-refractivity contribution in [1.82, 2.24) is 14.8 Å². The average Bonchev–Trinajstić information content (AvgIpc) is 2.84. The largest absolute Gasteiger partial charge is 0.497 e. The van der Waals surface area contributed by atoms with Crippen molar-refractivity contribution >= 4 is 5.97 Å². The fourth-order valence-corrected chi connectivity index (χ4v) is 2.02. The Balaban J connectivity index is 2.09. The Morgan fingerprint density at radius 2 is 2.05 bits per heavy atom. The number of methoxy groups -OCH3 is 1. The van der Waals surface area contributed by atoms with Gasteiger partial charge in [0, 0.05) is 13.5 Å². The molecule has 1 aromatic heterocycles. The van der Waals surface area contributed by atoms with Gasteiger partial charge in [0.05, 0.1) is 13.0 Å². The van der Waals surface area contributed by atoms with Crippen LogP contribution in [0, 0.1) is 5.92 Å². The summed E-state index contributed by atoms with van der Waals surface area (Å²) in [7, 11) is 3.36. The normalized spacial score (nSPS) is 12.1. The quantitative estimate of drug-likeness (QED) is 0.860. The van der Waals surface area contributed by atoms with Crippen molar-refractivity contribution < 1.29 is 14.6 Å². The monoisotopic (exact) mass is 275 g/mol. The highest BCUT2D eigenvalue weighted by molar-refractivity contribution is 5.70. The molecule has 0 aliphatic carbocycles. The van der Waals surface area contributed by atoms with Gasteiger partial charge < -0.3 is 9.84 Å². The molecule has 1 aromatic carbocycles. The van der Waals surface area contributed by atoms with E-state index in [4.69, 9.17) is 4.74 Å². The number of ether oxygens (including phenoxy) is 1. The van der Waals surface area contributed by atoms with Crippen LogP contribution in [0.3, 0.4) is 0 Å². The van der Waals surface area contributed by atoms with E-state index in [2.05, 4.69) is 10.1 Å². The Hall–Kier alpha value is -2.37. The Morgan fingerprint density at radius 3 is 2.55 bits per heavy atom. The van der Waals surface area contributed by atoms with Crippen LogP contribution in [0.4, 0.5) is 0 Å². The summed E-state index contributed by atoms with van der Waals surface area (Å²) in [6.45, 7) is 0. The van der Waals surface area contributed by atoms with E-state index in [1.54, 1.807) is 18.8 Å². The van der Waals surface area contributed by atoms with E-state index >= 15 is 0 Å². The van der Waals surface area contributed by atoms with Crippen molar-refractivity contribution in [3.8, 4) is 5.75 Å². The van der Waals surface area contributed by atoms with Gasteiger partial charge in [0.15, 0.2) is 0 Å². The molecule has 1 N–H and O–H groups in total. The number of aliphatic carboxylic acids is 1. The zero-order chi connectivity index (χ0) is 14.5. The number of hydrogen-bond donors (Lipinski definition) is 1. The van der Waals surface area contributed by atoms with E-state index in [0.29, 0.717) is 18.7 Å². The second-order valence-electron chi connectivity index (χ2n) is 4.59. The third kappa shape index (κ3) is 3.34. The van der Waals surface area contributed by atoms with Crippen LogP contribution in [0.25, 0.3) is 0 Å². The van der Waals surface area contributed by atoms with Crippen LogP contribution in [0.5, 0.6) is 5.75 Å². The summed E-state index contributed by atoms with van der Waals surface area (Å²) in [4.78, 5) is 15.5. The highest BCUT2D eigenvalue weighted by Crippen LogP contribution is 2.17. The number of benzene rings is 1. The molecule has 20 heavy (non-hydrogen) atoms. The maximum atomic E-state index is 11.4. The Morgan fingerprint density at radius 1 is 1.35 bits per heavy atom. The van der Waals surface area contributed by atoms with Crippen LogP contribution in [0.2, 0.25) is 0 Å². The molecule has 0 amide bonds. The van der Waals surface area contributed by atoms with Crippen LogP contribution in [-0.4, -0.2) is 33.0 Å². The molecule has 0 aliphatic heterocycles. The molecule has 0 saturated heterocycles. The molecule has 6 nitrogen and oxygen atoms in total. The van der Waals surface area contributed by atoms with Gasteiger partial charge in [0.25, 0.3) is 0 Å². The maximum absolute atomic E-state index is 11.4.